The van der Waals surface area contributed by atoms with Crippen molar-refractivity contribution in [2.75, 3.05) is 0 Å². The molecule has 0 spiro atoms. The number of ketones is 1. The highest BCUT2D eigenvalue weighted by Crippen LogP contribution is 2.24. The fourth-order valence-corrected chi connectivity index (χ4v) is 2.42. The van der Waals surface area contributed by atoms with Crippen LogP contribution in [0.3, 0.4) is 0 Å². The molecule has 1 radical (unpaired) electrons. The molecule has 0 fully saturated rings. The van der Waals surface area contributed by atoms with E-state index in [0.29, 0.717) is 6.42 Å². The average Bonchev–Trinajstić information content (AvgIpc) is 2.45. The standard InChI is InChI=1S/C19H21O2/c1-19(2,3)18(21)12-14(13-20)11-16-9-6-8-15-7-4-5-10-17(15)16/h4-10,14H,11-12H2,1-3H3. The van der Waals surface area contributed by atoms with Gasteiger partial charge in [0, 0.05) is 17.8 Å². The summed E-state index contributed by atoms with van der Waals surface area (Å²) < 4.78 is 0. The molecule has 2 aromatic carbocycles. The molecule has 21 heavy (non-hydrogen) atoms. The summed E-state index contributed by atoms with van der Waals surface area (Å²) in [6.45, 7) is 5.65. The minimum Gasteiger partial charge on any atom is -0.299 e. The van der Waals surface area contributed by atoms with Crippen molar-refractivity contribution in [1.29, 1.82) is 0 Å². The molecule has 0 saturated heterocycles. The van der Waals surface area contributed by atoms with Crippen LogP contribution in [0.15, 0.2) is 42.5 Å². The lowest BCUT2D eigenvalue weighted by molar-refractivity contribution is -0.126. The minimum absolute atomic E-state index is 0.107. The summed E-state index contributed by atoms with van der Waals surface area (Å²) in [6, 6.07) is 14.2. The lowest BCUT2D eigenvalue weighted by Gasteiger charge is -2.19. The van der Waals surface area contributed by atoms with Gasteiger partial charge in [0.1, 0.15) is 5.78 Å². The van der Waals surface area contributed by atoms with Crippen molar-refractivity contribution < 1.29 is 9.59 Å². The van der Waals surface area contributed by atoms with Crippen LogP contribution in [-0.2, 0) is 16.0 Å². The van der Waals surface area contributed by atoms with Gasteiger partial charge in [0.2, 0.25) is 6.29 Å². The van der Waals surface area contributed by atoms with E-state index in [4.69, 9.17) is 0 Å². The van der Waals surface area contributed by atoms with Gasteiger partial charge in [-0.2, -0.15) is 0 Å². The van der Waals surface area contributed by atoms with Crippen molar-refractivity contribution in [3.63, 3.8) is 0 Å². The van der Waals surface area contributed by atoms with E-state index in [2.05, 4.69) is 18.2 Å². The first-order valence-corrected chi connectivity index (χ1v) is 7.29. The highest BCUT2D eigenvalue weighted by atomic mass is 16.1. The third-order valence-electron chi connectivity index (χ3n) is 3.78. The van der Waals surface area contributed by atoms with Crippen LogP contribution in [0.5, 0.6) is 0 Å². The van der Waals surface area contributed by atoms with Crippen LogP contribution < -0.4 is 0 Å². The second-order valence-electron chi connectivity index (χ2n) is 6.53. The molecule has 2 heteroatoms. The summed E-state index contributed by atoms with van der Waals surface area (Å²) in [4.78, 5) is 23.3. The Kier molecular flexibility index (Phi) is 4.56. The molecule has 0 saturated carbocycles. The number of rotatable bonds is 5. The van der Waals surface area contributed by atoms with Crippen molar-refractivity contribution in [2.45, 2.75) is 33.6 Å². The predicted molar refractivity (Wildman–Crippen MR) is 85.9 cm³/mol. The first-order chi connectivity index (χ1) is 9.91. The molecule has 0 aromatic heterocycles. The second kappa shape index (κ2) is 6.21. The SMILES string of the molecule is CC(C)(C)C(=O)CC([C]=O)Cc1cccc2ccccc12. The Morgan fingerprint density at radius 2 is 1.76 bits per heavy atom. The zero-order valence-corrected chi connectivity index (χ0v) is 12.8. The largest absolute Gasteiger partial charge is 0.299 e. The molecule has 0 N–H and O–H groups in total. The maximum Gasteiger partial charge on any atom is 0.202 e. The van der Waals surface area contributed by atoms with Gasteiger partial charge in [-0.05, 0) is 22.8 Å². The van der Waals surface area contributed by atoms with Crippen LogP contribution in [0.4, 0.5) is 0 Å². The molecule has 2 aromatic rings. The van der Waals surface area contributed by atoms with Gasteiger partial charge in [0.25, 0.3) is 0 Å². The van der Waals surface area contributed by atoms with Gasteiger partial charge in [-0.25, -0.2) is 0 Å². The molecule has 109 valence electrons. The molecule has 0 bridgehead atoms. The zero-order valence-electron chi connectivity index (χ0n) is 12.8. The molecular weight excluding hydrogens is 260 g/mol. The molecular formula is C19H21O2. The van der Waals surface area contributed by atoms with Crippen LogP contribution in [0, 0.1) is 11.3 Å². The fourth-order valence-electron chi connectivity index (χ4n) is 2.42. The van der Waals surface area contributed by atoms with Crippen molar-refractivity contribution in [3.8, 4) is 0 Å². The van der Waals surface area contributed by atoms with Gasteiger partial charge in [-0.15, -0.1) is 0 Å². The number of benzene rings is 2. The molecule has 1 atom stereocenters. The molecule has 0 aliphatic heterocycles. The topological polar surface area (TPSA) is 34.1 Å². The summed E-state index contributed by atoms with van der Waals surface area (Å²) in [5.41, 5.74) is 0.691. The normalized spacial score (nSPS) is 13.1. The van der Waals surface area contributed by atoms with Gasteiger partial charge >= 0.3 is 0 Å². The summed E-state index contributed by atoms with van der Waals surface area (Å²) >= 11 is 0. The van der Waals surface area contributed by atoms with E-state index >= 15 is 0 Å². The van der Waals surface area contributed by atoms with E-state index in [1.807, 2.05) is 51.3 Å². The Hall–Kier alpha value is -1.96. The van der Waals surface area contributed by atoms with Gasteiger partial charge < -0.3 is 0 Å². The van der Waals surface area contributed by atoms with E-state index in [1.165, 1.54) is 0 Å². The summed E-state index contributed by atoms with van der Waals surface area (Å²) in [6.07, 6.45) is 2.87. The van der Waals surface area contributed by atoms with Crippen molar-refractivity contribution in [1.82, 2.24) is 0 Å². The van der Waals surface area contributed by atoms with E-state index in [0.717, 1.165) is 16.3 Å². The van der Waals surface area contributed by atoms with Crippen LogP contribution in [0.1, 0.15) is 32.8 Å². The van der Waals surface area contributed by atoms with Gasteiger partial charge in [-0.3, -0.25) is 9.59 Å². The summed E-state index contributed by atoms with van der Waals surface area (Å²) in [7, 11) is 0. The first kappa shape index (κ1) is 15.4. The first-order valence-electron chi connectivity index (χ1n) is 7.29. The van der Waals surface area contributed by atoms with Gasteiger partial charge in [0.05, 0.1) is 0 Å². The van der Waals surface area contributed by atoms with E-state index in [-0.39, 0.29) is 18.1 Å². The fraction of sp³-hybridized carbons (Fsp3) is 0.368. The van der Waals surface area contributed by atoms with Crippen LogP contribution >= 0.6 is 0 Å². The Morgan fingerprint density at radius 3 is 2.43 bits per heavy atom. The number of Topliss-reactive ketones (excluding diaryl/α,β-unsaturated/α-hetero) is 1. The molecule has 2 nitrogen and oxygen atoms in total. The Bertz CT molecular complexity index is 645. The minimum atomic E-state index is -0.409. The van der Waals surface area contributed by atoms with E-state index in [9.17, 15) is 9.59 Å². The molecule has 0 aliphatic rings. The van der Waals surface area contributed by atoms with E-state index in [1.54, 1.807) is 0 Å². The van der Waals surface area contributed by atoms with Crippen molar-refractivity contribution in [2.24, 2.45) is 11.3 Å². The number of hydrogen-bond acceptors (Lipinski definition) is 2. The molecule has 2 rings (SSSR count). The molecule has 0 heterocycles. The number of carbonyl (C=O) groups excluding carboxylic acids is 2. The van der Waals surface area contributed by atoms with Crippen LogP contribution in [0.25, 0.3) is 10.8 Å². The van der Waals surface area contributed by atoms with E-state index < -0.39 is 5.41 Å². The highest BCUT2D eigenvalue weighted by molar-refractivity contribution is 5.87. The highest BCUT2D eigenvalue weighted by Gasteiger charge is 2.25. The summed E-state index contributed by atoms with van der Waals surface area (Å²) in [5.74, 6) is -0.265. The molecule has 1 unspecified atom stereocenters. The Balaban J connectivity index is 2.21. The number of fused-ring (bicyclic) bond motifs is 1. The lowest BCUT2D eigenvalue weighted by Crippen LogP contribution is -2.24. The Labute approximate surface area is 126 Å². The molecule has 0 amide bonds. The third-order valence-corrected chi connectivity index (χ3v) is 3.78. The molecule has 0 aliphatic carbocycles. The zero-order chi connectivity index (χ0) is 15.5. The monoisotopic (exact) mass is 281 g/mol. The lowest BCUT2D eigenvalue weighted by atomic mass is 9.83. The van der Waals surface area contributed by atoms with Crippen molar-refractivity contribution >= 4 is 22.8 Å². The van der Waals surface area contributed by atoms with Gasteiger partial charge in [0.15, 0.2) is 0 Å². The third kappa shape index (κ3) is 3.78. The summed E-state index contributed by atoms with van der Waals surface area (Å²) in [5, 5.41) is 2.30. The van der Waals surface area contributed by atoms with Crippen LogP contribution in [-0.4, -0.2) is 12.1 Å². The van der Waals surface area contributed by atoms with Gasteiger partial charge in [-0.1, -0.05) is 63.2 Å². The maximum absolute atomic E-state index is 12.1. The van der Waals surface area contributed by atoms with Crippen LogP contribution in [0.2, 0.25) is 0 Å². The van der Waals surface area contributed by atoms with Crippen molar-refractivity contribution in [3.05, 3.63) is 48.0 Å². The smallest absolute Gasteiger partial charge is 0.202 e. The second-order valence-corrected chi connectivity index (χ2v) is 6.53. The number of hydrogen-bond donors (Lipinski definition) is 0. The number of carbonyl (C=O) groups is 1. The Morgan fingerprint density at radius 1 is 1.10 bits per heavy atom. The quantitative estimate of drug-likeness (QED) is 0.826. The average molecular weight is 281 g/mol. The predicted octanol–water partition coefficient (Wildman–Crippen LogP) is 4.11. The maximum atomic E-state index is 12.1.